The van der Waals surface area contributed by atoms with Gasteiger partial charge in [0.1, 0.15) is 6.04 Å². The van der Waals surface area contributed by atoms with Crippen molar-refractivity contribution < 1.29 is 19.4 Å². The summed E-state index contributed by atoms with van der Waals surface area (Å²) < 4.78 is 6.18. The Morgan fingerprint density at radius 2 is 1.67 bits per heavy atom. The molecule has 2 heterocycles. The number of nitrogens with one attached hydrogen (secondary N) is 1. The molecular formula is C30H40N2O4. The van der Waals surface area contributed by atoms with Gasteiger partial charge in [0.2, 0.25) is 5.91 Å². The van der Waals surface area contributed by atoms with Gasteiger partial charge in [0, 0.05) is 13.0 Å². The lowest BCUT2D eigenvalue weighted by molar-refractivity contribution is -0.150. The van der Waals surface area contributed by atoms with Crippen LogP contribution in [0.4, 0.5) is 0 Å². The van der Waals surface area contributed by atoms with Gasteiger partial charge >= 0.3 is 5.97 Å². The molecule has 1 fully saturated rings. The molecule has 2 aliphatic heterocycles. The molecule has 194 valence electrons. The van der Waals surface area contributed by atoms with Crippen LogP contribution in [0.1, 0.15) is 64.0 Å². The van der Waals surface area contributed by atoms with Crippen LogP contribution in [0.25, 0.3) is 11.1 Å². The van der Waals surface area contributed by atoms with Crippen LogP contribution in [0.5, 0.6) is 0 Å². The highest BCUT2D eigenvalue weighted by molar-refractivity contribution is 5.88. The second-order valence-electron chi connectivity index (χ2n) is 11.3. The number of amides is 1. The third-order valence-corrected chi connectivity index (χ3v) is 7.36. The molecule has 2 N–H and O–H groups in total. The van der Waals surface area contributed by atoms with Crippen LogP contribution in [0, 0.1) is 5.41 Å². The van der Waals surface area contributed by atoms with Crippen molar-refractivity contribution in [2.24, 2.45) is 5.41 Å². The number of aryl methyl sites for hydroxylation is 1. The lowest BCUT2D eigenvalue weighted by atomic mass is 9.85. The van der Waals surface area contributed by atoms with Gasteiger partial charge in [0.15, 0.2) is 0 Å². The van der Waals surface area contributed by atoms with Gasteiger partial charge in [-0.15, -0.1) is 0 Å². The fourth-order valence-electron chi connectivity index (χ4n) is 5.34. The molecule has 6 heteroatoms. The van der Waals surface area contributed by atoms with Crippen molar-refractivity contribution in [2.75, 3.05) is 13.1 Å². The van der Waals surface area contributed by atoms with Crippen molar-refractivity contribution in [3.05, 3.63) is 59.7 Å². The van der Waals surface area contributed by atoms with Gasteiger partial charge < -0.3 is 20.1 Å². The minimum atomic E-state index is -0.970. The summed E-state index contributed by atoms with van der Waals surface area (Å²) in [4.78, 5) is 27.2. The second kappa shape index (κ2) is 11.6. The van der Waals surface area contributed by atoms with E-state index in [-0.39, 0.29) is 17.4 Å². The monoisotopic (exact) mass is 492 g/mol. The average molecular weight is 493 g/mol. The highest BCUT2D eigenvalue weighted by Crippen LogP contribution is 2.29. The standard InChI is InChI=1S/C30H40N2O4/c1-30(2,3)27-28(33)32-19-25(18-26(32)29(34)35)36-20-22-12-9-14-24(17-22)23-13-8-11-21(16-23)10-6-4-5-7-15-31-27/h8-9,11-14,16-17,25-27,31H,4-7,10,15,18-20H2,1-3H3,(H,34,35)/t25-,26+,27-/m1/s1. The third kappa shape index (κ3) is 6.54. The quantitative estimate of drug-likeness (QED) is 0.583. The fourth-order valence-corrected chi connectivity index (χ4v) is 5.34. The third-order valence-electron chi connectivity index (χ3n) is 7.36. The minimum Gasteiger partial charge on any atom is -0.480 e. The number of hydrogen-bond acceptors (Lipinski definition) is 4. The molecule has 6 nitrogen and oxygen atoms in total. The van der Waals surface area contributed by atoms with Crippen molar-refractivity contribution in [2.45, 2.75) is 84.1 Å². The van der Waals surface area contributed by atoms with Gasteiger partial charge in [0.05, 0.1) is 18.8 Å². The SMILES string of the molecule is CC(C)(C)[C@@H]1NCCCCCCc2cccc(c2)-c2cccc(c2)CO[C@@H]2C[C@@H](C(=O)O)N(C2)C1=O. The fraction of sp³-hybridized carbons (Fsp3) is 0.533. The second-order valence-corrected chi connectivity index (χ2v) is 11.3. The van der Waals surface area contributed by atoms with E-state index in [0.717, 1.165) is 49.8 Å². The lowest BCUT2D eigenvalue weighted by Gasteiger charge is -2.35. The number of nitrogens with zero attached hydrogens (tertiary/aromatic N) is 1. The van der Waals surface area contributed by atoms with Crippen LogP contribution in [-0.4, -0.2) is 53.2 Å². The Morgan fingerprint density at radius 3 is 2.36 bits per heavy atom. The summed E-state index contributed by atoms with van der Waals surface area (Å²) in [5.41, 5.74) is 4.41. The Hall–Kier alpha value is -2.70. The van der Waals surface area contributed by atoms with Crippen molar-refractivity contribution in [1.29, 1.82) is 0 Å². The molecule has 2 aromatic rings. The van der Waals surface area contributed by atoms with Gasteiger partial charge in [-0.3, -0.25) is 4.79 Å². The van der Waals surface area contributed by atoms with E-state index in [1.54, 1.807) is 0 Å². The van der Waals surface area contributed by atoms with Crippen LogP contribution in [0.3, 0.4) is 0 Å². The molecule has 0 saturated carbocycles. The number of carbonyl (C=O) groups is 2. The van der Waals surface area contributed by atoms with Crippen molar-refractivity contribution >= 4 is 11.9 Å². The molecule has 0 unspecified atom stereocenters. The number of hydrogen-bond donors (Lipinski definition) is 2. The molecule has 1 saturated heterocycles. The summed E-state index contributed by atoms with van der Waals surface area (Å²) in [6.07, 6.45) is 5.40. The number of carboxylic acids is 1. The number of carbonyl (C=O) groups excluding carboxylic acids is 1. The highest BCUT2D eigenvalue weighted by atomic mass is 16.5. The Bertz CT molecular complexity index is 1060. The first kappa shape index (κ1) is 26.4. The Labute approximate surface area is 215 Å². The predicted molar refractivity (Wildman–Crippen MR) is 142 cm³/mol. The van der Waals surface area contributed by atoms with Gasteiger partial charge in [-0.1, -0.05) is 76.1 Å². The van der Waals surface area contributed by atoms with E-state index >= 15 is 0 Å². The molecule has 6 bridgehead atoms. The predicted octanol–water partition coefficient (Wildman–Crippen LogP) is 5.05. The van der Waals surface area contributed by atoms with E-state index in [0.29, 0.717) is 19.6 Å². The van der Waals surface area contributed by atoms with Gasteiger partial charge in [-0.2, -0.15) is 0 Å². The molecular weight excluding hydrogens is 452 g/mol. The number of rotatable bonds is 1. The summed E-state index contributed by atoms with van der Waals surface area (Å²) in [6.45, 7) is 7.51. The van der Waals surface area contributed by atoms with Crippen LogP contribution < -0.4 is 5.32 Å². The molecule has 4 rings (SSSR count). The first-order chi connectivity index (χ1) is 17.2. The van der Waals surface area contributed by atoms with Crippen LogP contribution >= 0.6 is 0 Å². The molecule has 2 aromatic carbocycles. The van der Waals surface area contributed by atoms with Crippen molar-refractivity contribution in [3.8, 4) is 11.1 Å². The van der Waals surface area contributed by atoms with E-state index in [1.165, 1.54) is 16.0 Å². The first-order valence-electron chi connectivity index (χ1n) is 13.3. The Morgan fingerprint density at radius 1 is 1.00 bits per heavy atom. The number of ether oxygens (including phenoxy) is 1. The van der Waals surface area contributed by atoms with Gasteiger partial charge in [0.25, 0.3) is 0 Å². The molecule has 1 amide bonds. The summed E-state index contributed by atoms with van der Waals surface area (Å²) in [5.74, 6) is -1.11. The molecule has 0 aromatic heterocycles. The number of carboxylic acid groups (broad SMARTS) is 1. The van der Waals surface area contributed by atoms with E-state index in [4.69, 9.17) is 4.74 Å². The minimum absolute atomic E-state index is 0.143. The Balaban J connectivity index is 1.58. The average Bonchev–Trinajstić information content (AvgIpc) is 3.28. The smallest absolute Gasteiger partial charge is 0.326 e. The first-order valence-corrected chi connectivity index (χ1v) is 13.3. The number of aliphatic carboxylic acids is 1. The lowest BCUT2D eigenvalue weighted by Crippen LogP contribution is -2.55. The summed E-state index contributed by atoms with van der Waals surface area (Å²) in [7, 11) is 0. The number of benzene rings is 2. The number of fused-ring (bicyclic) bond motifs is 7. The molecule has 2 aliphatic rings. The maximum absolute atomic E-state index is 13.6. The van der Waals surface area contributed by atoms with E-state index < -0.39 is 18.1 Å². The summed E-state index contributed by atoms with van der Waals surface area (Å²) >= 11 is 0. The van der Waals surface area contributed by atoms with E-state index in [1.807, 2.05) is 32.9 Å². The zero-order valence-electron chi connectivity index (χ0n) is 21.8. The molecule has 3 atom stereocenters. The van der Waals surface area contributed by atoms with Crippen molar-refractivity contribution in [1.82, 2.24) is 10.2 Å². The summed E-state index contributed by atoms with van der Waals surface area (Å²) in [6, 6.07) is 15.8. The zero-order valence-corrected chi connectivity index (χ0v) is 21.8. The van der Waals surface area contributed by atoms with Crippen LogP contribution in [0.15, 0.2) is 48.5 Å². The van der Waals surface area contributed by atoms with Crippen LogP contribution in [0.2, 0.25) is 0 Å². The largest absolute Gasteiger partial charge is 0.480 e. The maximum Gasteiger partial charge on any atom is 0.326 e. The molecule has 36 heavy (non-hydrogen) atoms. The molecule has 0 radical (unpaired) electrons. The topological polar surface area (TPSA) is 78.9 Å². The molecule has 0 spiro atoms. The van der Waals surface area contributed by atoms with Gasteiger partial charge in [-0.05, 0) is 59.5 Å². The summed E-state index contributed by atoms with van der Waals surface area (Å²) in [5, 5.41) is 13.3. The van der Waals surface area contributed by atoms with E-state index in [2.05, 4.69) is 41.7 Å². The zero-order chi connectivity index (χ0) is 25.7. The van der Waals surface area contributed by atoms with E-state index in [9.17, 15) is 14.7 Å². The Kier molecular flexibility index (Phi) is 8.47. The normalized spacial score (nSPS) is 24.4. The molecule has 0 aliphatic carbocycles. The van der Waals surface area contributed by atoms with Crippen molar-refractivity contribution in [3.63, 3.8) is 0 Å². The van der Waals surface area contributed by atoms with Crippen LogP contribution in [-0.2, 0) is 27.4 Å². The highest BCUT2D eigenvalue weighted by Gasteiger charge is 2.44. The maximum atomic E-state index is 13.6. The van der Waals surface area contributed by atoms with Gasteiger partial charge in [-0.25, -0.2) is 4.79 Å².